The number of allylic oxidation sites excluding steroid dienone is 1. The van der Waals surface area contributed by atoms with Gasteiger partial charge in [-0.05, 0) is 13.3 Å². The van der Waals surface area contributed by atoms with Crippen molar-refractivity contribution in [1.29, 1.82) is 0 Å². The third kappa shape index (κ3) is 2.65. The van der Waals surface area contributed by atoms with E-state index in [1.54, 1.807) is 6.08 Å². The number of carbonyl (C=O) groups is 1. The van der Waals surface area contributed by atoms with Crippen LogP contribution in [-0.4, -0.2) is 5.97 Å². The fraction of sp³-hybridized carbons (Fsp3) is 0.500. The summed E-state index contributed by atoms with van der Waals surface area (Å²) in [6.07, 6.45) is 2.45. The predicted molar refractivity (Wildman–Crippen MR) is 39.1 cm³/mol. The van der Waals surface area contributed by atoms with Crippen LogP contribution in [0, 0.1) is 0 Å². The number of halogens is 1. The molecule has 52 valence electrons. The number of hydrogen-bond donors (Lipinski definition) is 0. The van der Waals surface area contributed by atoms with E-state index in [2.05, 4.69) is 20.1 Å². The van der Waals surface area contributed by atoms with E-state index < -0.39 is 0 Å². The lowest BCUT2D eigenvalue weighted by Crippen LogP contribution is -1.99. The molecule has 0 aliphatic carbocycles. The summed E-state index contributed by atoms with van der Waals surface area (Å²) in [4.78, 5) is 10.6. The summed E-state index contributed by atoms with van der Waals surface area (Å²) in [7, 11) is 0. The van der Waals surface area contributed by atoms with Gasteiger partial charge in [-0.15, -0.1) is 0 Å². The molecule has 0 saturated heterocycles. The molecule has 0 bridgehead atoms. The van der Waals surface area contributed by atoms with Gasteiger partial charge in [0.15, 0.2) is 16.3 Å². The summed E-state index contributed by atoms with van der Waals surface area (Å²) < 4.78 is 4.30. The summed E-state index contributed by atoms with van der Waals surface area (Å²) in [6, 6.07) is 0. The van der Waals surface area contributed by atoms with Crippen LogP contribution in [0.1, 0.15) is 20.3 Å². The van der Waals surface area contributed by atoms with Crippen LogP contribution in [0.15, 0.2) is 11.6 Å². The highest BCUT2D eigenvalue weighted by molar-refractivity contribution is 9.06. The van der Waals surface area contributed by atoms with E-state index in [1.807, 2.05) is 13.8 Å². The summed E-state index contributed by atoms with van der Waals surface area (Å²) >= 11 is 2.61. The van der Waals surface area contributed by atoms with Crippen LogP contribution in [0.2, 0.25) is 0 Å². The zero-order valence-corrected chi connectivity index (χ0v) is 7.06. The lowest BCUT2D eigenvalue weighted by atomic mass is 10.2. The van der Waals surface area contributed by atoms with Crippen LogP contribution in [0.25, 0.3) is 0 Å². The van der Waals surface area contributed by atoms with E-state index in [1.165, 1.54) is 0 Å². The van der Waals surface area contributed by atoms with Crippen molar-refractivity contribution in [2.24, 2.45) is 0 Å². The van der Waals surface area contributed by atoms with Gasteiger partial charge in [-0.1, -0.05) is 13.0 Å². The molecule has 9 heavy (non-hydrogen) atoms. The molecule has 0 atom stereocenters. The van der Waals surface area contributed by atoms with Crippen LogP contribution < -0.4 is 0 Å². The number of carbonyl (C=O) groups excluding carboxylic acids is 1. The molecule has 0 fully saturated rings. The Kier molecular flexibility index (Phi) is 4.40. The zero-order chi connectivity index (χ0) is 7.28. The quantitative estimate of drug-likeness (QED) is 0.628. The van der Waals surface area contributed by atoms with Crippen molar-refractivity contribution in [1.82, 2.24) is 0 Å². The minimum atomic E-state index is -0.306. The van der Waals surface area contributed by atoms with Gasteiger partial charge in [0.25, 0.3) is 0 Å². The average molecular weight is 193 g/mol. The van der Waals surface area contributed by atoms with Gasteiger partial charge in [0.05, 0.1) is 0 Å². The second-order valence-electron chi connectivity index (χ2n) is 1.53. The Balaban J connectivity index is 3.97. The van der Waals surface area contributed by atoms with Crippen molar-refractivity contribution in [3.05, 3.63) is 11.6 Å². The van der Waals surface area contributed by atoms with Gasteiger partial charge < -0.3 is 3.83 Å². The van der Waals surface area contributed by atoms with Crippen molar-refractivity contribution >= 4 is 22.2 Å². The van der Waals surface area contributed by atoms with Gasteiger partial charge in [0.2, 0.25) is 0 Å². The lowest BCUT2D eigenvalue weighted by molar-refractivity contribution is -0.128. The highest BCUT2D eigenvalue weighted by Crippen LogP contribution is 2.04. The molecule has 3 heteroatoms. The molecule has 0 rings (SSSR count). The highest BCUT2D eigenvalue weighted by Gasteiger charge is 2.04. The van der Waals surface area contributed by atoms with Crippen LogP contribution >= 0.6 is 16.3 Å². The maximum atomic E-state index is 10.6. The summed E-state index contributed by atoms with van der Waals surface area (Å²) in [5.41, 5.74) is 0.687. The Labute approximate surface area is 63.3 Å². The number of hydrogen-bond acceptors (Lipinski definition) is 2. The zero-order valence-electron chi connectivity index (χ0n) is 5.48. The Morgan fingerprint density at radius 1 is 1.78 bits per heavy atom. The maximum absolute atomic E-state index is 10.6. The Morgan fingerprint density at radius 2 is 2.33 bits per heavy atom. The Bertz CT molecular complexity index is 129. The molecule has 0 aromatic rings. The van der Waals surface area contributed by atoms with Crippen LogP contribution in [0.4, 0.5) is 0 Å². The van der Waals surface area contributed by atoms with Crippen molar-refractivity contribution in [3.63, 3.8) is 0 Å². The van der Waals surface area contributed by atoms with Crippen molar-refractivity contribution < 1.29 is 8.62 Å². The maximum Gasteiger partial charge on any atom is 0.345 e. The highest BCUT2D eigenvalue weighted by atomic mass is 79.9. The molecule has 2 nitrogen and oxygen atoms in total. The van der Waals surface area contributed by atoms with E-state index in [0.29, 0.717) is 12.0 Å². The second kappa shape index (κ2) is 4.56. The van der Waals surface area contributed by atoms with Crippen LogP contribution in [-0.2, 0) is 8.62 Å². The van der Waals surface area contributed by atoms with E-state index in [-0.39, 0.29) is 5.97 Å². The van der Waals surface area contributed by atoms with E-state index in [4.69, 9.17) is 0 Å². The topological polar surface area (TPSA) is 26.3 Å². The number of rotatable bonds is 2. The molecule has 0 aromatic carbocycles. The molecule has 0 saturated carbocycles. The molecule has 0 aromatic heterocycles. The van der Waals surface area contributed by atoms with Crippen molar-refractivity contribution in [3.8, 4) is 0 Å². The Morgan fingerprint density at radius 3 is 2.44 bits per heavy atom. The smallest absolute Gasteiger partial charge is 0.345 e. The Hall–Kier alpha value is -0.310. The average Bonchev–Trinajstić information content (AvgIpc) is 1.90. The standard InChI is InChI=1S/C6H9BrO2/c1-3-5(4-2)6(8)9-7/h3H,4H2,1-2H3/b5-3+. The molecule has 0 unspecified atom stereocenters. The predicted octanol–water partition coefficient (Wildman–Crippen LogP) is 2.20. The van der Waals surface area contributed by atoms with Gasteiger partial charge in [0.1, 0.15) is 0 Å². The van der Waals surface area contributed by atoms with Gasteiger partial charge >= 0.3 is 5.97 Å². The van der Waals surface area contributed by atoms with Crippen LogP contribution in [0.5, 0.6) is 0 Å². The molecular formula is C6H9BrO2. The first-order valence-corrected chi connectivity index (χ1v) is 3.39. The first kappa shape index (κ1) is 8.69. The lowest BCUT2D eigenvalue weighted by Gasteiger charge is -1.95. The summed E-state index contributed by atoms with van der Waals surface area (Å²) in [5, 5.41) is 0. The van der Waals surface area contributed by atoms with Gasteiger partial charge in [-0.3, -0.25) is 0 Å². The van der Waals surface area contributed by atoms with E-state index >= 15 is 0 Å². The van der Waals surface area contributed by atoms with Crippen molar-refractivity contribution in [2.75, 3.05) is 0 Å². The SMILES string of the molecule is C/C=C(\CC)C(=O)OBr. The first-order chi connectivity index (χ1) is 4.26. The normalized spacial score (nSPS) is 11.2. The largest absolute Gasteiger partial charge is 0.380 e. The molecule has 0 radical (unpaired) electrons. The third-order valence-corrected chi connectivity index (χ3v) is 1.36. The monoisotopic (exact) mass is 192 g/mol. The first-order valence-electron chi connectivity index (χ1n) is 2.74. The fourth-order valence-electron chi connectivity index (χ4n) is 0.516. The van der Waals surface area contributed by atoms with Crippen molar-refractivity contribution in [2.45, 2.75) is 20.3 Å². The van der Waals surface area contributed by atoms with Crippen LogP contribution in [0.3, 0.4) is 0 Å². The fourth-order valence-corrected chi connectivity index (χ4v) is 0.724. The van der Waals surface area contributed by atoms with E-state index in [0.717, 1.165) is 0 Å². The molecule has 0 N–H and O–H groups in total. The molecular weight excluding hydrogens is 184 g/mol. The molecule has 0 heterocycles. The summed E-state index contributed by atoms with van der Waals surface area (Å²) in [5.74, 6) is -0.306. The molecule has 0 amide bonds. The molecule has 0 spiro atoms. The van der Waals surface area contributed by atoms with Gasteiger partial charge in [-0.25, -0.2) is 4.79 Å². The van der Waals surface area contributed by atoms with Gasteiger partial charge in [-0.2, -0.15) is 0 Å². The molecule has 0 aliphatic heterocycles. The summed E-state index contributed by atoms with van der Waals surface area (Å²) in [6.45, 7) is 3.71. The third-order valence-electron chi connectivity index (χ3n) is 1.06. The minimum Gasteiger partial charge on any atom is -0.380 e. The van der Waals surface area contributed by atoms with Gasteiger partial charge in [0, 0.05) is 5.57 Å². The minimum absolute atomic E-state index is 0.306. The molecule has 0 aliphatic rings. The van der Waals surface area contributed by atoms with E-state index in [9.17, 15) is 4.79 Å². The second-order valence-corrected chi connectivity index (χ2v) is 1.86.